The van der Waals surface area contributed by atoms with E-state index in [0.29, 0.717) is 29.8 Å². The lowest BCUT2D eigenvalue weighted by Gasteiger charge is -2.36. The van der Waals surface area contributed by atoms with Crippen LogP contribution in [0.2, 0.25) is 0 Å². The van der Waals surface area contributed by atoms with E-state index in [2.05, 4.69) is 40.2 Å². The van der Waals surface area contributed by atoms with Gasteiger partial charge in [0.2, 0.25) is 10.0 Å². The molecule has 0 fully saturated rings. The van der Waals surface area contributed by atoms with Crippen molar-refractivity contribution >= 4 is 45.4 Å². The van der Waals surface area contributed by atoms with Crippen molar-refractivity contribution in [3.8, 4) is 0 Å². The van der Waals surface area contributed by atoms with Crippen LogP contribution >= 0.6 is 23.7 Å². The molecule has 1 aromatic carbocycles. The summed E-state index contributed by atoms with van der Waals surface area (Å²) in [4.78, 5) is 16.2. The molecule has 6 nitrogen and oxygen atoms in total. The molecule has 2 atom stereocenters. The number of rotatable bonds is 6. The highest BCUT2D eigenvalue weighted by Gasteiger charge is 2.28. The average molecular weight is 444 g/mol. The summed E-state index contributed by atoms with van der Waals surface area (Å²) in [5.74, 6) is 0.350. The molecule has 1 amide bonds. The number of thiophene rings is 1. The second-order valence-corrected chi connectivity index (χ2v) is 9.72. The largest absolute Gasteiger partial charge is 0.351 e. The Morgan fingerprint density at radius 1 is 1.21 bits per heavy atom. The van der Waals surface area contributed by atoms with Gasteiger partial charge in [-0.2, -0.15) is 0 Å². The lowest BCUT2D eigenvalue weighted by Crippen LogP contribution is -2.40. The van der Waals surface area contributed by atoms with Crippen LogP contribution in [0.5, 0.6) is 0 Å². The number of anilines is 1. The van der Waals surface area contributed by atoms with Crippen molar-refractivity contribution < 1.29 is 13.2 Å². The lowest BCUT2D eigenvalue weighted by molar-refractivity contribution is 0.0942. The van der Waals surface area contributed by atoms with E-state index in [1.165, 1.54) is 10.4 Å². The van der Waals surface area contributed by atoms with Crippen molar-refractivity contribution in [3.05, 3.63) is 51.7 Å². The minimum absolute atomic E-state index is 0. The summed E-state index contributed by atoms with van der Waals surface area (Å²) in [7, 11) is -3.32. The number of fused-ring (bicyclic) bond motifs is 1. The number of carbonyl (C=O) groups excluding carboxylic acids is 1. The van der Waals surface area contributed by atoms with Gasteiger partial charge in [0.25, 0.3) is 5.91 Å². The Morgan fingerprint density at radius 3 is 2.54 bits per heavy atom. The van der Waals surface area contributed by atoms with Crippen molar-refractivity contribution in [1.82, 2.24) is 10.2 Å². The molecule has 1 aliphatic rings. The molecule has 0 saturated carbocycles. The second-order valence-electron chi connectivity index (χ2n) is 7.02. The molecular formula is C19H26ClN3O3S2. The van der Waals surface area contributed by atoms with Gasteiger partial charge < -0.3 is 5.32 Å². The highest BCUT2D eigenvalue weighted by Crippen LogP contribution is 2.38. The van der Waals surface area contributed by atoms with Crippen LogP contribution in [-0.4, -0.2) is 45.1 Å². The quantitative estimate of drug-likeness (QED) is 0.716. The molecular weight excluding hydrogens is 418 g/mol. The summed E-state index contributed by atoms with van der Waals surface area (Å²) in [5.41, 5.74) is 2.40. The fourth-order valence-electron chi connectivity index (χ4n) is 3.46. The fourth-order valence-corrected chi connectivity index (χ4v) is 5.13. The molecule has 28 heavy (non-hydrogen) atoms. The number of sulfonamides is 1. The standard InChI is InChI=1S/C19H25N3O3S2.ClH/c1-13-12-22(14(2)18-17(13)8-11-26-18)10-9-20-19(23)15-4-6-16(7-5-15)21-27(3,24)25;/h4-8,11,13-14,21H,9-10,12H2,1-3H3,(H,20,23);1H/t13-,14-;/m0./s1. The third-order valence-electron chi connectivity index (χ3n) is 4.83. The Morgan fingerprint density at radius 2 is 1.89 bits per heavy atom. The van der Waals surface area contributed by atoms with Crippen molar-refractivity contribution in [2.45, 2.75) is 25.8 Å². The van der Waals surface area contributed by atoms with E-state index in [4.69, 9.17) is 0 Å². The maximum Gasteiger partial charge on any atom is 0.251 e. The van der Waals surface area contributed by atoms with Gasteiger partial charge in [-0.25, -0.2) is 8.42 Å². The number of benzene rings is 1. The number of nitrogens with one attached hydrogen (secondary N) is 2. The van der Waals surface area contributed by atoms with E-state index in [-0.39, 0.29) is 18.3 Å². The summed E-state index contributed by atoms with van der Waals surface area (Å²) >= 11 is 1.80. The van der Waals surface area contributed by atoms with E-state index in [9.17, 15) is 13.2 Å². The first kappa shape index (κ1) is 22.7. The van der Waals surface area contributed by atoms with Crippen LogP contribution in [0.4, 0.5) is 5.69 Å². The molecule has 1 aromatic heterocycles. The molecule has 154 valence electrons. The Hall–Kier alpha value is -1.61. The molecule has 3 rings (SSSR count). The summed E-state index contributed by atoms with van der Waals surface area (Å²) in [6.07, 6.45) is 1.09. The highest BCUT2D eigenvalue weighted by atomic mass is 35.5. The first-order valence-electron chi connectivity index (χ1n) is 8.92. The molecule has 0 unspecified atom stereocenters. The monoisotopic (exact) mass is 443 g/mol. The van der Waals surface area contributed by atoms with E-state index in [1.54, 1.807) is 35.6 Å². The summed E-state index contributed by atoms with van der Waals surface area (Å²) in [5, 5.41) is 5.11. The minimum Gasteiger partial charge on any atom is -0.351 e. The predicted molar refractivity (Wildman–Crippen MR) is 117 cm³/mol. The number of carbonyl (C=O) groups is 1. The fraction of sp³-hybridized carbons (Fsp3) is 0.421. The summed E-state index contributed by atoms with van der Waals surface area (Å²) in [6.45, 7) is 6.82. The van der Waals surface area contributed by atoms with Crippen LogP contribution in [-0.2, 0) is 10.0 Å². The number of hydrogen-bond donors (Lipinski definition) is 2. The van der Waals surface area contributed by atoms with E-state index < -0.39 is 10.0 Å². The van der Waals surface area contributed by atoms with Crippen LogP contribution in [0.1, 0.15) is 46.6 Å². The van der Waals surface area contributed by atoms with Crippen molar-refractivity contribution in [3.63, 3.8) is 0 Å². The van der Waals surface area contributed by atoms with Crippen molar-refractivity contribution in [1.29, 1.82) is 0 Å². The SMILES string of the molecule is C[C@H]1CN(CCNC(=O)c2ccc(NS(C)(=O)=O)cc2)[C@@H](C)c2sccc21.Cl. The normalized spacial score (nSPS) is 19.4. The van der Waals surface area contributed by atoms with E-state index in [0.717, 1.165) is 19.3 Å². The molecule has 2 N–H and O–H groups in total. The molecule has 2 aromatic rings. The van der Waals surface area contributed by atoms with Gasteiger partial charge in [-0.05, 0) is 54.1 Å². The zero-order valence-electron chi connectivity index (χ0n) is 16.1. The van der Waals surface area contributed by atoms with Crippen molar-refractivity contribution in [2.75, 3.05) is 30.6 Å². The molecule has 0 radical (unpaired) electrons. The zero-order valence-corrected chi connectivity index (χ0v) is 18.6. The molecule has 2 heterocycles. The molecule has 0 aliphatic carbocycles. The summed E-state index contributed by atoms with van der Waals surface area (Å²) in [6, 6.07) is 9.00. The Balaban J connectivity index is 0.00000280. The third-order valence-corrected chi connectivity index (χ3v) is 6.54. The van der Waals surface area contributed by atoms with Crippen molar-refractivity contribution in [2.24, 2.45) is 0 Å². The molecule has 0 spiro atoms. The van der Waals surface area contributed by atoms with Crippen LogP contribution in [0, 0.1) is 0 Å². The first-order valence-corrected chi connectivity index (χ1v) is 11.7. The molecule has 0 saturated heterocycles. The highest BCUT2D eigenvalue weighted by molar-refractivity contribution is 7.92. The van der Waals surface area contributed by atoms with Gasteiger partial charge in [-0.15, -0.1) is 23.7 Å². The average Bonchev–Trinajstić information content (AvgIpc) is 3.09. The Bertz CT molecular complexity index is 913. The third kappa shape index (κ3) is 5.47. The smallest absolute Gasteiger partial charge is 0.251 e. The van der Waals surface area contributed by atoms with Gasteiger partial charge in [0.1, 0.15) is 0 Å². The van der Waals surface area contributed by atoms with Gasteiger partial charge in [0.15, 0.2) is 0 Å². The number of hydrogen-bond acceptors (Lipinski definition) is 5. The number of halogens is 1. The predicted octanol–water partition coefficient (Wildman–Crippen LogP) is 3.45. The number of nitrogens with zero attached hydrogens (tertiary/aromatic N) is 1. The van der Waals surface area contributed by atoms with Gasteiger partial charge in [-0.3, -0.25) is 14.4 Å². The minimum atomic E-state index is -3.32. The van der Waals surface area contributed by atoms with Crippen LogP contribution in [0.3, 0.4) is 0 Å². The van der Waals surface area contributed by atoms with Gasteiger partial charge in [0.05, 0.1) is 6.26 Å². The Kier molecular flexibility index (Phi) is 7.50. The van der Waals surface area contributed by atoms with Crippen LogP contribution in [0.15, 0.2) is 35.7 Å². The second kappa shape index (κ2) is 9.26. The van der Waals surface area contributed by atoms with E-state index in [1.807, 2.05) is 0 Å². The zero-order chi connectivity index (χ0) is 19.6. The van der Waals surface area contributed by atoms with Gasteiger partial charge >= 0.3 is 0 Å². The molecule has 1 aliphatic heterocycles. The molecule has 9 heteroatoms. The van der Waals surface area contributed by atoms with Crippen LogP contribution in [0.25, 0.3) is 0 Å². The Labute approximate surface area is 176 Å². The maximum absolute atomic E-state index is 12.3. The van der Waals surface area contributed by atoms with E-state index >= 15 is 0 Å². The van der Waals surface area contributed by atoms with Gasteiger partial charge in [0, 0.05) is 41.8 Å². The topological polar surface area (TPSA) is 78.5 Å². The first-order chi connectivity index (χ1) is 12.7. The van der Waals surface area contributed by atoms with Crippen LogP contribution < -0.4 is 10.0 Å². The maximum atomic E-state index is 12.3. The number of amides is 1. The molecule has 0 bridgehead atoms. The van der Waals surface area contributed by atoms with Gasteiger partial charge in [-0.1, -0.05) is 6.92 Å². The lowest BCUT2D eigenvalue weighted by atomic mass is 9.93. The summed E-state index contributed by atoms with van der Waals surface area (Å²) < 4.78 is 24.8.